The number of benzene rings is 1. The SMILES string of the molecule is COc1cc(P(C)(C)(C)O)ccc1NC1(C)NC(=NC(C)C)c2c(C(F)(F)F)c[nH]c2N1. The van der Waals surface area contributed by atoms with Gasteiger partial charge in [-0.15, -0.1) is 0 Å². The molecule has 0 bridgehead atoms. The summed E-state index contributed by atoms with van der Waals surface area (Å²) in [5.74, 6) is -0.254. The zero-order valence-electron chi connectivity index (χ0n) is 19.3. The van der Waals surface area contributed by atoms with Gasteiger partial charge >= 0.3 is 185 Å². The van der Waals surface area contributed by atoms with Crippen molar-refractivity contribution in [3.8, 4) is 5.75 Å². The number of aromatic nitrogens is 1. The Bertz CT molecular complexity index is 1050. The van der Waals surface area contributed by atoms with Crippen LogP contribution in [0.2, 0.25) is 0 Å². The molecule has 0 spiro atoms. The molecule has 2 aromatic rings. The van der Waals surface area contributed by atoms with Gasteiger partial charge in [0, 0.05) is 0 Å². The van der Waals surface area contributed by atoms with Crippen LogP contribution in [0, 0.1) is 0 Å². The molecule has 11 heteroatoms. The van der Waals surface area contributed by atoms with Gasteiger partial charge in [-0.3, -0.25) is 0 Å². The number of methoxy groups -OCH3 is 1. The van der Waals surface area contributed by atoms with Crippen molar-refractivity contribution in [2.45, 2.75) is 38.8 Å². The van der Waals surface area contributed by atoms with Gasteiger partial charge in [0.15, 0.2) is 0 Å². The molecule has 1 atom stereocenters. The van der Waals surface area contributed by atoms with E-state index in [1.807, 2.05) is 26.1 Å². The summed E-state index contributed by atoms with van der Waals surface area (Å²) in [7, 11) is 1.52. The predicted octanol–water partition coefficient (Wildman–Crippen LogP) is 3.97. The van der Waals surface area contributed by atoms with Gasteiger partial charge in [0.2, 0.25) is 0 Å². The van der Waals surface area contributed by atoms with Crippen LogP contribution in [-0.2, 0) is 6.18 Å². The Morgan fingerprint density at radius 2 is 1.84 bits per heavy atom. The number of H-pyrrole nitrogens is 1. The van der Waals surface area contributed by atoms with Crippen molar-refractivity contribution in [1.82, 2.24) is 10.3 Å². The maximum atomic E-state index is 13.5. The number of aromatic amines is 1. The fraction of sp³-hybridized carbons (Fsp3) is 0.476. The van der Waals surface area contributed by atoms with Gasteiger partial charge in [-0.05, 0) is 0 Å². The number of nitrogens with zero attached hydrogens (tertiary/aromatic N) is 1. The normalized spacial score (nSPS) is 21.4. The number of hydrogen-bond acceptors (Lipinski definition) is 5. The van der Waals surface area contributed by atoms with Crippen molar-refractivity contribution in [2.75, 3.05) is 37.7 Å². The molecule has 178 valence electrons. The molecule has 1 unspecified atom stereocenters. The van der Waals surface area contributed by atoms with Crippen LogP contribution in [-0.4, -0.2) is 54.6 Å². The summed E-state index contributed by atoms with van der Waals surface area (Å²) < 4.78 is 46.2. The molecule has 32 heavy (non-hydrogen) atoms. The summed E-state index contributed by atoms with van der Waals surface area (Å²) >= 11 is 0. The van der Waals surface area contributed by atoms with Crippen LogP contribution in [0.25, 0.3) is 0 Å². The summed E-state index contributed by atoms with van der Waals surface area (Å²) in [5, 5.41) is 10.2. The van der Waals surface area contributed by atoms with Crippen molar-refractivity contribution in [1.29, 1.82) is 0 Å². The molecule has 2 heterocycles. The van der Waals surface area contributed by atoms with Crippen LogP contribution in [0.15, 0.2) is 29.4 Å². The monoisotopic (exact) mass is 473 g/mol. The number of alkyl halides is 3. The third-order valence-corrected chi connectivity index (χ3v) is 7.07. The first-order valence-corrected chi connectivity index (χ1v) is 13.7. The number of halogens is 3. The number of rotatable bonds is 5. The Labute approximate surface area is 185 Å². The fourth-order valence-corrected chi connectivity index (χ4v) is 4.67. The Balaban J connectivity index is 2.02. The predicted molar refractivity (Wildman–Crippen MR) is 126 cm³/mol. The standard InChI is InChI=1S/C21H31F3N5O2P/c1-12(2)26-19-17-14(21(22,23)24)11-25-18(17)28-20(3,29-19)27-15-9-8-13(10-16(15)31-4)32(5,6,7)30/h8-12,25,27-28,30H,1-7H3,(H,26,29). The van der Waals surface area contributed by atoms with Crippen LogP contribution in [0.5, 0.6) is 5.75 Å². The van der Waals surface area contributed by atoms with E-state index in [1.54, 1.807) is 32.9 Å². The van der Waals surface area contributed by atoms with Crippen molar-refractivity contribution in [3.63, 3.8) is 0 Å². The average Bonchev–Trinajstić information content (AvgIpc) is 3.03. The summed E-state index contributed by atoms with van der Waals surface area (Å²) in [5.41, 5.74) is -0.249. The van der Waals surface area contributed by atoms with E-state index in [4.69, 9.17) is 4.74 Å². The fourth-order valence-electron chi connectivity index (χ4n) is 3.52. The van der Waals surface area contributed by atoms with E-state index in [0.717, 1.165) is 11.5 Å². The van der Waals surface area contributed by atoms with Crippen molar-refractivity contribution in [2.24, 2.45) is 4.99 Å². The first kappa shape index (κ1) is 24.2. The molecule has 0 aliphatic carbocycles. The topological polar surface area (TPSA) is 93.7 Å². The van der Waals surface area contributed by atoms with E-state index >= 15 is 0 Å². The van der Waals surface area contributed by atoms with Gasteiger partial charge in [-0.1, -0.05) is 0 Å². The van der Waals surface area contributed by atoms with Crippen LogP contribution < -0.4 is 26.0 Å². The van der Waals surface area contributed by atoms with Crippen molar-refractivity contribution in [3.05, 3.63) is 35.5 Å². The summed E-state index contributed by atoms with van der Waals surface area (Å²) in [4.78, 5) is 17.9. The Hall–Kier alpha value is -2.45. The van der Waals surface area contributed by atoms with Gasteiger partial charge in [0.05, 0.1) is 0 Å². The number of aliphatic imine (C=N–C) groups is 1. The number of anilines is 2. The second-order valence-electron chi connectivity index (χ2n) is 9.62. The molecule has 1 aliphatic rings. The molecule has 7 nitrogen and oxygen atoms in total. The number of nitrogens with one attached hydrogen (secondary N) is 4. The van der Waals surface area contributed by atoms with E-state index in [1.165, 1.54) is 7.11 Å². The van der Waals surface area contributed by atoms with Gasteiger partial charge < -0.3 is 0 Å². The van der Waals surface area contributed by atoms with Crippen molar-refractivity contribution >= 4 is 29.5 Å². The molecule has 0 amide bonds. The molecule has 0 fully saturated rings. The van der Waals surface area contributed by atoms with Crippen LogP contribution in [0.3, 0.4) is 0 Å². The van der Waals surface area contributed by atoms with Crippen LogP contribution in [0.1, 0.15) is 31.9 Å². The molecule has 1 aromatic carbocycles. The molecule has 1 aromatic heterocycles. The third-order valence-electron chi connectivity index (χ3n) is 5.01. The minimum absolute atomic E-state index is 0.0478. The quantitative estimate of drug-likeness (QED) is 0.424. The van der Waals surface area contributed by atoms with Gasteiger partial charge in [-0.2, -0.15) is 0 Å². The zero-order valence-corrected chi connectivity index (χ0v) is 20.2. The molecule has 0 saturated heterocycles. The third kappa shape index (κ3) is 4.96. The number of ether oxygens (including phenoxy) is 1. The second kappa shape index (κ2) is 7.56. The summed E-state index contributed by atoms with van der Waals surface area (Å²) in [6, 6.07) is 5.15. The Kier molecular flexibility index (Phi) is 5.71. The molecule has 0 saturated carbocycles. The average molecular weight is 473 g/mol. The van der Waals surface area contributed by atoms with E-state index in [0.29, 0.717) is 11.4 Å². The van der Waals surface area contributed by atoms with Crippen LogP contribution in [0.4, 0.5) is 24.7 Å². The number of fused-ring (bicyclic) bond motifs is 1. The van der Waals surface area contributed by atoms with Gasteiger partial charge in [-0.25, -0.2) is 0 Å². The minimum atomic E-state index is -4.53. The molecular weight excluding hydrogens is 442 g/mol. The number of amidine groups is 1. The Morgan fingerprint density at radius 3 is 2.38 bits per heavy atom. The zero-order chi connectivity index (χ0) is 24.1. The van der Waals surface area contributed by atoms with Crippen LogP contribution >= 0.6 is 6.83 Å². The number of hydrogen-bond donors (Lipinski definition) is 5. The van der Waals surface area contributed by atoms with Crippen molar-refractivity contribution < 1.29 is 22.8 Å². The summed E-state index contributed by atoms with van der Waals surface area (Å²) in [6.45, 7) is 7.79. The molecule has 1 aliphatic heterocycles. The van der Waals surface area contributed by atoms with Gasteiger partial charge in [0.1, 0.15) is 0 Å². The molecule has 3 rings (SSSR count). The molecule has 0 radical (unpaired) electrons. The second-order valence-corrected chi connectivity index (χ2v) is 15.6. The maximum absolute atomic E-state index is 13.5. The molecular formula is C21H31F3N5O2P. The first-order chi connectivity index (χ1) is 14.5. The van der Waals surface area contributed by atoms with E-state index in [-0.39, 0.29) is 23.3 Å². The van der Waals surface area contributed by atoms with E-state index in [2.05, 4.69) is 25.9 Å². The Morgan fingerprint density at radius 1 is 1.19 bits per heavy atom. The molecule has 5 N–H and O–H groups in total. The van der Waals surface area contributed by atoms with Gasteiger partial charge in [0.25, 0.3) is 0 Å². The van der Waals surface area contributed by atoms with E-state index in [9.17, 15) is 18.1 Å². The summed E-state index contributed by atoms with van der Waals surface area (Å²) in [6.07, 6.45) is -3.59. The first-order valence-electron chi connectivity index (χ1n) is 10.1. The van der Waals surface area contributed by atoms with E-state index < -0.39 is 24.4 Å².